The molecule has 210 valence electrons. The summed E-state index contributed by atoms with van der Waals surface area (Å²) in [6.07, 6.45) is 1.58. The number of furan rings is 1. The van der Waals surface area contributed by atoms with Crippen molar-refractivity contribution in [3.8, 4) is 22.8 Å². The summed E-state index contributed by atoms with van der Waals surface area (Å²) in [7, 11) is 3.02. The molecule has 0 spiro atoms. The van der Waals surface area contributed by atoms with Gasteiger partial charge in [-0.25, -0.2) is 9.79 Å². The molecule has 11 nitrogen and oxygen atoms in total. The zero-order valence-corrected chi connectivity index (χ0v) is 23.4. The van der Waals surface area contributed by atoms with Gasteiger partial charge >= 0.3 is 5.97 Å². The van der Waals surface area contributed by atoms with Crippen LogP contribution in [-0.2, 0) is 9.53 Å². The first-order valence-electron chi connectivity index (χ1n) is 12.5. The first-order chi connectivity index (χ1) is 19.7. The first-order valence-corrected chi connectivity index (χ1v) is 13.3. The Balaban J connectivity index is 1.62. The molecule has 0 aliphatic carbocycles. The molecule has 3 heterocycles. The maximum atomic E-state index is 13.8. The molecule has 12 heteroatoms. The number of non-ortho nitro benzene ring substituents is 1. The van der Waals surface area contributed by atoms with Gasteiger partial charge in [0.25, 0.3) is 11.2 Å². The van der Waals surface area contributed by atoms with Gasteiger partial charge in [-0.1, -0.05) is 23.5 Å². The predicted octanol–water partition coefficient (Wildman–Crippen LogP) is 3.98. The lowest BCUT2D eigenvalue weighted by Crippen LogP contribution is -2.39. The van der Waals surface area contributed by atoms with E-state index in [0.29, 0.717) is 49.2 Å². The SMILES string of the molecule is CCOC(=O)C1=C(C)N=c2s/c(=C/c3ccc(-c4cc([N+](=O)[O-])ccc4OC)o3)c(=O)n2[C@H]1c1ccc(OC)cc1. The van der Waals surface area contributed by atoms with Crippen molar-refractivity contribution in [1.82, 2.24) is 4.57 Å². The van der Waals surface area contributed by atoms with Crippen LogP contribution >= 0.6 is 11.3 Å². The number of thiazole rings is 1. The van der Waals surface area contributed by atoms with Crippen LogP contribution in [0.5, 0.6) is 11.5 Å². The Labute approximate surface area is 237 Å². The number of rotatable bonds is 8. The molecular weight excluding hydrogens is 550 g/mol. The lowest BCUT2D eigenvalue weighted by molar-refractivity contribution is -0.384. The molecule has 5 rings (SSSR count). The number of esters is 1. The van der Waals surface area contributed by atoms with E-state index in [0.717, 1.165) is 11.3 Å². The van der Waals surface area contributed by atoms with Gasteiger partial charge in [0.15, 0.2) is 4.80 Å². The zero-order valence-electron chi connectivity index (χ0n) is 22.6. The number of allylic oxidation sites excluding steroid dienone is 1. The van der Waals surface area contributed by atoms with E-state index in [1.165, 1.54) is 29.9 Å². The molecule has 2 aromatic carbocycles. The second-order valence-electron chi connectivity index (χ2n) is 8.92. The van der Waals surface area contributed by atoms with Crippen molar-refractivity contribution in [2.45, 2.75) is 19.9 Å². The van der Waals surface area contributed by atoms with Gasteiger partial charge < -0.3 is 18.6 Å². The van der Waals surface area contributed by atoms with E-state index in [4.69, 9.17) is 18.6 Å². The van der Waals surface area contributed by atoms with Crippen LogP contribution in [0.4, 0.5) is 5.69 Å². The molecule has 0 saturated heterocycles. The molecule has 1 atom stereocenters. The number of hydrogen-bond acceptors (Lipinski definition) is 10. The molecule has 0 radical (unpaired) electrons. The number of ether oxygens (including phenoxy) is 3. The number of methoxy groups -OCH3 is 2. The Kier molecular flexibility index (Phi) is 7.58. The molecule has 0 bridgehead atoms. The summed E-state index contributed by atoms with van der Waals surface area (Å²) in [5, 5.41) is 11.3. The quantitative estimate of drug-likeness (QED) is 0.175. The molecule has 0 fully saturated rings. The maximum Gasteiger partial charge on any atom is 0.338 e. The van der Waals surface area contributed by atoms with E-state index in [1.807, 2.05) is 0 Å². The minimum atomic E-state index is -0.764. The lowest BCUT2D eigenvalue weighted by Gasteiger charge is -2.24. The van der Waals surface area contributed by atoms with Gasteiger partial charge in [0.1, 0.15) is 23.0 Å². The van der Waals surface area contributed by atoms with Crippen LogP contribution in [0.2, 0.25) is 0 Å². The molecule has 0 amide bonds. The molecule has 4 aromatic rings. The highest BCUT2D eigenvalue weighted by Gasteiger charge is 2.33. The molecular formula is C29H25N3O8S. The maximum absolute atomic E-state index is 13.8. The van der Waals surface area contributed by atoms with Crippen LogP contribution in [0.15, 0.2) is 80.1 Å². The van der Waals surface area contributed by atoms with Gasteiger partial charge in [-0.15, -0.1) is 0 Å². The van der Waals surface area contributed by atoms with Gasteiger partial charge in [0, 0.05) is 18.2 Å². The Morgan fingerprint density at radius 1 is 1.15 bits per heavy atom. The number of hydrogen-bond donors (Lipinski definition) is 0. The van der Waals surface area contributed by atoms with Crippen molar-refractivity contribution in [1.29, 1.82) is 0 Å². The third kappa shape index (κ3) is 5.16. The summed E-state index contributed by atoms with van der Waals surface area (Å²) in [6, 6.07) is 13.9. The number of nitro benzene ring substituents is 1. The number of carbonyl (C=O) groups is 1. The fourth-order valence-corrected chi connectivity index (χ4v) is 5.63. The van der Waals surface area contributed by atoms with Gasteiger partial charge in [0.2, 0.25) is 0 Å². The summed E-state index contributed by atoms with van der Waals surface area (Å²) in [5.41, 5.74) is 1.34. The molecule has 0 N–H and O–H groups in total. The van der Waals surface area contributed by atoms with Gasteiger partial charge in [0.05, 0.1) is 53.2 Å². The highest BCUT2D eigenvalue weighted by atomic mass is 32.1. The molecule has 1 aliphatic heterocycles. The Morgan fingerprint density at radius 2 is 1.90 bits per heavy atom. The standard InChI is InChI=1S/C29H25N3O8S/c1-5-39-28(34)25-16(2)30-29-31(26(25)17-6-9-19(37-3)10-7-17)27(33)24(41-29)15-20-11-13-23(40-20)21-14-18(32(35)36)8-12-22(21)38-4/h6-15,26H,5H2,1-4H3/b24-15+/t26-/m0/s1. The van der Waals surface area contributed by atoms with E-state index < -0.39 is 16.9 Å². The van der Waals surface area contributed by atoms with Gasteiger partial charge in [-0.2, -0.15) is 0 Å². The van der Waals surface area contributed by atoms with E-state index in [1.54, 1.807) is 63.4 Å². The number of nitrogens with zero attached hydrogens (tertiary/aromatic N) is 3. The largest absolute Gasteiger partial charge is 0.497 e. The van der Waals surface area contributed by atoms with E-state index in [-0.39, 0.29) is 23.4 Å². The first kappa shape index (κ1) is 27.6. The molecule has 1 aliphatic rings. The Hall–Kier alpha value is -4.97. The van der Waals surface area contributed by atoms with E-state index >= 15 is 0 Å². The van der Waals surface area contributed by atoms with Crippen molar-refractivity contribution in [3.05, 3.63) is 107 Å². The van der Waals surface area contributed by atoms with Crippen LogP contribution < -0.4 is 24.4 Å². The summed E-state index contributed by atoms with van der Waals surface area (Å²) in [5.74, 6) is 1.17. The van der Waals surface area contributed by atoms with Crippen LogP contribution in [0.1, 0.15) is 31.2 Å². The van der Waals surface area contributed by atoms with Crippen LogP contribution in [0, 0.1) is 10.1 Å². The summed E-state index contributed by atoms with van der Waals surface area (Å²) in [4.78, 5) is 42.6. The Bertz CT molecular complexity index is 1860. The number of nitro groups is 1. The fraction of sp³-hybridized carbons (Fsp3) is 0.207. The third-order valence-corrected chi connectivity index (χ3v) is 7.49. The monoisotopic (exact) mass is 575 g/mol. The smallest absolute Gasteiger partial charge is 0.338 e. The summed E-state index contributed by atoms with van der Waals surface area (Å²) >= 11 is 1.16. The number of fused-ring (bicyclic) bond motifs is 1. The topological polar surface area (TPSA) is 135 Å². The zero-order chi connectivity index (χ0) is 29.3. The summed E-state index contributed by atoms with van der Waals surface area (Å²) < 4.78 is 23.7. The second kappa shape index (κ2) is 11.3. The molecule has 2 aromatic heterocycles. The van der Waals surface area contributed by atoms with Crippen LogP contribution in [0.3, 0.4) is 0 Å². The number of carbonyl (C=O) groups excluding carboxylic acids is 1. The fourth-order valence-electron chi connectivity index (χ4n) is 4.60. The van der Waals surface area contributed by atoms with Crippen LogP contribution in [-0.4, -0.2) is 36.3 Å². The third-order valence-electron chi connectivity index (χ3n) is 6.51. The van der Waals surface area contributed by atoms with E-state index in [9.17, 15) is 19.7 Å². The molecule has 0 unspecified atom stereocenters. The minimum absolute atomic E-state index is 0.113. The number of aromatic nitrogens is 1. The average molecular weight is 576 g/mol. The highest BCUT2D eigenvalue weighted by molar-refractivity contribution is 7.07. The predicted molar refractivity (Wildman–Crippen MR) is 151 cm³/mol. The van der Waals surface area contributed by atoms with E-state index in [2.05, 4.69) is 4.99 Å². The van der Waals surface area contributed by atoms with Crippen molar-refractivity contribution in [2.75, 3.05) is 20.8 Å². The summed E-state index contributed by atoms with van der Waals surface area (Å²) in [6.45, 7) is 3.60. The van der Waals surface area contributed by atoms with Gasteiger partial charge in [-0.05, 0) is 49.7 Å². The van der Waals surface area contributed by atoms with Crippen molar-refractivity contribution >= 4 is 29.1 Å². The minimum Gasteiger partial charge on any atom is -0.497 e. The molecule has 0 saturated carbocycles. The van der Waals surface area contributed by atoms with Gasteiger partial charge in [-0.3, -0.25) is 19.5 Å². The average Bonchev–Trinajstić information content (AvgIpc) is 3.56. The molecule has 41 heavy (non-hydrogen) atoms. The second-order valence-corrected chi connectivity index (χ2v) is 9.93. The van der Waals surface area contributed by atoms with Crippen molar-refractivity contribution in [3.63, 3.8) is 0 Å². The normalized spacial score (nSPS) is 14.8. The lowest BCUT2D eigenvalue weighted by atomic mass is 9.96. The van der Waals surface area contributed by atoms with Crippen molar-refractivity contribution in [2.24, 2.45) is 4.99 Å². The highest BCUT2D eigenvalue weighted by Crippen LogP contribution is 2.35. The number of benzene rings is 2. The van der Waals surface area contributed by atoms with Crippen LogP contribution in [0.25, 0.3) is 17.4 Å². The Morgan fingerprint density at radius 3 is 2.56 bits per heavy atom. The van der Waals surface area contributed by atoms with Crippen molar-refractivity contribution < 1.29 is 28.3 Å².